The van der Waals surface area contributed by atoms with E-state index >= 15 is 0 Å². The molecule has 0 aromatic rings. The molecule has 0 radical (unpaired) electrons. The first-order valence-electron chi connectivity index (χ1n) is 7.69. The summed E-state index contributed by atoms with van der Waals surface area (Å²) >= 11 is 0. The largest absolute Gasteiger partial charge is 0.481 e. The van der Waals surface area contributed by atoms with Crippen LogP contribution in [0.2, 0.25) is 0 Å². The zero-order valence-electron chi connectivity index (χ0n) is 12.0. The lowest BCUT2D eigenvalue weighted by atomic mass is 9.82. The van der Waals surface area contributed by atoms with Crippen molar-refractivity contribution in [3.8, 4) is 0 Å². The molecule has 2 bridgehead atoms. The van der Waals surface area contributed by atoms with Gasteiger partial charge in [-0.25, -0.2) is 0 Å². The zero-order chi connectivity index (χ0) is 14.8. The number of carboxylic acids is 1. The van der Waals surface area contributed by atoms with E-state index in [9.17, 15) is 14.7 Å². The molecule has 2 aliphatic heterocycles. The Morgan fingerprint density at radius 1 is 1.24 bits per heavy atom. The number of hydrogen-bond acceptors (Lipinski definition) is 3. The number of carbonyl (C=O) groups is 2. The van der Waals surface area contributed by atoms with Crippen molar-refractivity contribution >= 4 is 11.9 Å². The molecule has 5 heteroatoms. The Hall–Kier alpha value is -1.62. The lowest BCUT2D eigenvalue weighted by Gasteiger charge is -2.21. The number of nitrogens with one attached hydrogen (secondary N) is 1. The van der Waals surface area contributed by atoms with Gasteiger partial charge in [-0.05, 0) is 32.1 Å². The lowest BCUT2D eigenvalue weighted by Crippen LogP contribution is -2.42. The SMILES string of the molecule is O=C(O)[C@@H]1[C@@H](C(=O)NCCC2=CCCCC2)[C@H]2C=C[C@H]1O2. The van der Waals surface area contributed by atoms with Gasteiger partial charge in [0.2, 0.25) is 5.91 Å². The Bertz CT molecular complexity index is 497. The van der Waals surface area contributed by atoms with Crippen molar-refractivity contribution in [2.24, 2.45) is 11.8 Å². The van der Waals surface area contributed by atoms with Crippen LogP contribution in [-0.2, 0) is 14.3 Å². The molecule has 3 rings (SSSR count). The van der Waals surface area contributed by atoms with Gasteiger partial charge in [-0.3, -0.25) is 9.59 Å². The molecule has 0 saturated carbocycles. The first-order valence-corrected chi connectivity index (χ1v) is 7.69. The van der Waals surface area contributed by atoms with Crippen molar-refractivity contribution in [1.82, 2.24) is 5.32 Å². The van der Waals surface area contributed by atoms with Gasteiger partial charge in [0.15, 0.2) is 0 Å². The first-order chi connectivity index (χ1) is 10.2. The van der Waals surface area contributed by atoms with E-state index in [2.05, 4.69) is 11.4 Å². The average Bonchev–Trinajstić information content (AvgIpc) is 3.08. The van der Waals surface area contributed by atoms with Gasteiger partial charge in [-0.1, -0.05) is 23.8 Å². The van der Waals surface area contributed by atoms with Crippen molar-refractivity contribution in [1.29, 1.82) is 0 Å². The molecule has 21 heavy (non-hydrogen) atoms. The van der Waals surface area contributed by atoms with Gasteiger partial charge in [-0.15, -0.1) is 0 Å². The van der Waals surface area contributed by atoms with Crippen LogP contribution < -0.4 is 5.32 Å². The molecular formula is C16H21NO4. The molecule has 5 nitrogen and oxygen atoms in total. The average molecular weight is 291 g/mol. The fourth-order valence-corrected chi connectivity index (χ4v) is 3.51. The summed E-state index contributed by atoms with van der Waals surface area (Å²) in [6, 6.07) is 0. The Morgan fingerprint density at radius 2 is 2.00 bits per heavy atom. The van der Waals surface area contributed by atoms with Crippen molar-refractivity contribution in [3.63, 3.8) is 0 Å². The number of carbonyl (C=O) groups excluding carboxylic acids is 1. The standard InChI is InChI=1S/C16H21NO4/c18-15(17-9-8-10-4-2-1-3-5-10)13-11-6-7-12(21-11)14(13)16(19)20/h4,6-7,11-14H,1-3,5,8-9H2,(H,17,18)(H,19,20)/t11-,12-,13+,14+/m1/s1. The summed E-state index contributed by atoms with van der Waals surface area (Å²) in [5.74, 6) is -2.51. The number of hydrogen-bond donors (Lipinski definition) is 2. The van der Waals surface area contributed by atoms with Crippen LogP contribution in [-0.4, -0.2) is 35.7 Å². The molecule has 1 saturated heterocycles. The van der Waals surface area contributed by atoms with E-state index in [0.29, 0.717) is 6.54 Å². The normalized spacial score (nSPS) is 33.8. The summed E-state index contributed by atoms with van der Waals surface area (Å²) in [4.78, 5) is 23.6. The highest BCUT2D eigenvalue weighted by Crippen LogP contribution is 2.39. The number of amides is 1. The Morgan fingerprint density at radius 3 is 2.67 bits per heavy atom. The molecular weight excluding hydrogens is 270 g/mol. The highest BCUT2D eigenvalue weighted by Gasteiger charge is 2.53. The van der Waals surface area contributed by atoms with Crippen molar-refractivity contribution in [3.05, 3.63) is 23.8 Å². The summed E-state index contributed by atoms with van der Waals surface area (Å²) in [6.07, 6.45) is 10.6. The van der Waals surface area contributed by atoms with Crippen LogP contribution >= 0.6 is 0 Å². The number of aliphatic carboxylic acids is 1. The number of fused-ring (bicyclic) bond motifs is 2. The van der Waals surface area contributed by atoms with Crippen LogP contribution in [0.4, 0.5) is 0 Å². The van der Waals surface area contributed by atoms with Crippen LogP contribution in [0.1, 0.15) is 32.1 Å². The van der Waals surface area contributed by atoms with Gasteiger partial charge in [-0.2, -0.15) is 0 Å². The quantitative estimate of drug-likeness (QED) is 0.755. The predicted molar refractivity (Wildman–Crippen MR) is 76.6 cm³/mol. The molecule has 3 aliphatic rings. The topological polar surface area (TPSA) is 75.6 Å². The third kappa shape index (κ3) is 2.88. The minimum absolute atomic E-state index is 0.198. The number of carboxylic acid groups (broad SMARTS) is 1. The van der Waals surface area contributed by atoms with Crippen LogP contribution in [0.5, 0.6) is 0 Å². The van der Waals surface area contributed by atoms with E-state index < -0.39 is 23.9 Å². The van der Waals surface area contributed by atoms with Crippen LogP contribution in [0, 0.1) is 11.8 Å². The summed E-state index contributed by atoms with van der Waals surface area (Å²) in [5, 5.41) is 12.2. The number of allylic oxidation sites excluding steroid dienone is 1. The first kappa shape index (κ1) is 14.3. The predicted octanol–water partition coefficient (Wildman–Crippen LogP) is 1.65. The second kappa shape index (κ2) is 6.02. The summed E-state index contributed by atoms with van der Waals surface area (Å²) < 4.78 is 5.51. The van der Waals surface area contributed by atoms with E-state index in [0.717, 1.165) is 19.3 Å². The smallest absolute Gasteiger partial charge is 0.310 e. The molecule has 0 aromatic heterocycles. The van der Waals surface area contributed by atoms with Crippen molar-refractivity contribution in [2.75, 3.05) is 6.54 Å². The minimum Gasteiger partial charge on any atom is -0.481 e. The maximum absolute atomic E-state index is 12.3. The third-order valence-corrected chi connectivity index (χ3v) is 4.62. The molecule has 4 atom stereocenters. The van der Waals surface area contributed by atoms with Crippen LogP contribution in [0.15, 0.2) is 23.8 Å². The molecule has 0 aromatic carbocycles. The van der Waals surface area contributed by atoms with Gasteiger partial charge in [0, 0.05) is 6.54 Å². The summed E-state index contributed by atoms with van der Waals surface area (Å²) in [7, 11) is 0. The highest BCUT2D eigenvalue weighted by atomic mass is 16.5. The molecule has 0 spiro atoms. The van der Waals surface area contributed by atoms with Gasteiger partial charge in [0.1, 0.15) is 5.92 Å². The molecule has 0 unspecified atom stereocenters. The fourth-order valence-electron chi connectivity index (χ4n) is 3.51. The van der Waals surface area contributed by atoms with Gasteiger partial charge < -0.3 is 15.2 Å². The third-order valence-electron chi connectivity index (χ3n) is 4.62. The Kier molecular flexibility index (Phi) is 4.10. The van der Waals surface area contributed by atoms with Crippen LogP contribution in [0.3, 0.4) is 0 Å². The number of rotatable bonds is 5. The zero-order valence-corrected chi connectivity index (χ0v) is 12.0. The second-order valence-corrected chi connectivity index (χ2v) is 5.99. The van der Waals surface area contributed by atoms with Crippen molar-refractivity contribution < 1.29 is 19.4 Å². The maximum Gasteiger partial charge on any atom is 0.310 e. The van der Waals surface area contributed by atoms with Gasteiger partial charge >= 0.3 is 5.97 Å². The van der Waals surface area contributed by atoms with Gasteiger partial charge in [0.05, 0.1) is 18.1 Å². The van der Waals surface area contributed by atoms with E-state index in [1.807, 2.05) is 0 Å². The molecule has 1 amide bonds. The second-order valence-electron chi connectivity index (χ2n) is 5.99. The Balaban J connectivity index is 1.54. The Labute approximate surface area is 124 Å². The highest BCUT2D eigenvalue weighted by molar-refractivity contribution is 5.87. The van der Waals surface area contributed by atoms with Gasteiger partial charge in [0.25, 0.3) is 0 Å². The lowest BCUT2D eigenvalue weighted by molar-refractivity contribution is -0.146. The molecule has 1 aliphatic carbocycles. The maximum atomic E-state index is 12.3. The molecule has 2 N–H and O–H groups in total. The summed E-state index contributed by atoms with van der Waals surface area (Å²) in [6.45, 7) is 0.578. The molecule has 1 fully saturated rings. The molecule has 2 heterocycles. The number of ether oxygens (including phenoxy) is 1. The van der Waals surface area contributed by atoms with E-state index in [4.69, 9.17) is 4.74 Å². The monoisotopic (exact) mass is 291 g/mol. The summed E-state index contributed by atoms with van der Waals surface area (Å²) in [5.41, 5.74) is 1.40. The van der Waals surface area contributed by atoms with E-state index in [1.165, 1.54) is 18.4 Å². The van der Waals surface area contributed by atoms with Crippen molar-refractivity contribution in [2.45, 2.75) is 44.3 Å². The minimum atomic E-state index is -0.956. The van der Waals surface area contributed by atoms with Crippen LogP contribution in [0.25, 0.3) is 0 Å². The van der Waals surface area contributed by atoms with E-state index in [1.54, 1.807) is 12.2 Å². The molecule has 114 valence electrons. The van der Waals surface area contributed by atoms with E-state index in [-0.39, 0.29) is 12.0 Å². The fraction of sp³-hybridized carbons (Fsp3) is 0.625.